The third kappa shape index (κ3) is 3.86. The van der Waals surface area contributed by atoms with E-state index in [0.29, 0.717) is 5.92 Å². The zero-order valence-electron chi connectivity index (χ0n) is 10.8. The molecule has 0 radical (unpaired) electrons. The lowest BCUT2D eigenvalue weighted by Crippen LogP contribution is -2.09. The second kappa shape index (κ2) is 5.90. The average molecular weight is 221 g/mol. The largest absolute Gasteiger partial charge is 0.388 e. The molecule has 90 valence electrons. The van der Waals surface area contributed by atoms with Gasteiger partial charge < -0.3 is 10.0 Å². The molecule has 0 spiro atoms. The Hall–Kier alpha value is -1.02. The van der Waals surface area contributed by atoms with Crippen LogP contribution in [0, 0.1) is 5.92 Å². The molecular formula is C14H23NO. The normalized spacial score (nSPS) is 12.9. The van der Waals surface area contributed by atoms with Gasteiger partial charge in [0, 0.05) is 19.8 Å². The summed E-state index contributed by atoms with van der Waals surface area (Å²) in [5.41, 5.74) is 2.16. The topological polar surface area (TPSA) is 23.5 Å². The Balaban J connectivity index is 2.68. The van der Waals surface area contributed by atoms with Crippen molar-refractivity contribution in [1.82, 2.24) is 0 Å². The molecule has 0 saturated carbocycles. The van der Waals surface area contributed by atoms with E-state index in [1.165, 1.54) is 0 Å². The SMILES string of the molecule is CC(C)CCC(O)c1cccc(N(C)C)c1. The van der Waals surface area contributed by atoms with E-state index >= 15 is 0 Å². The maximum Gasteiger partial charge on any atom is 0.0790 e. The first-order valence-electron chi connectivity index (χ1n) is 5.96. The van der Waals surface area contributed by atoms with E-state index in [9.17, 15) is 5.11 Å². The molecule has 16 heavy (non-hydrogen) atoms. The Labute approximate surface area is 98.9 Å². The summed E-state index contributed by atoms with van der Waals surface area (Å²) >= 11 is 0. The van der Waals surface area contributed by atoms with Gasteiger partial charge in [-0.1, -0.05) is 26.0 Å². The molecule has 1 unspecified atom stereocenters. The van der Waals surface area contributed by atoms with E-state index < -0.39 is 0 Å². The van der Waals surface area contributed by atoms with Gasteiger partial charge >= 0.3 is 0 Å². The first-order valence-corrected chi connectivity index (χ1v) is 5.96. The molecule has 2 nitrogen and oxygen atoms in total. The average Bonchev–Trinajstić information content (AvgIpc) is 2.26. The third-order valence-electron chi connectivity index (χ3n) is 2.79. The minimum Gasteiger partial charge on any atom is -0.388 e. The summed E-state index contributed by atoms with van der Waals surface area (Å²) in [4.78, 5) is 2.05. The van der Waals surface area contributed by atoms with Gasteiger partial charge in [0.25, 0.3) is 0 Å². The Bertz CT molecular complexity index is 320. The minimum absolute atomic E-state index is 0.331. The van der Waals surface area contributed by atoms with Crippen molar-refractivity contribution in [2.45, 2.75) is 32.8 Å². The van der Waals surface area contributed by atoms with Crippen LogP contribution in [0.5, 0.6) is 0 Å². The number of hydrogen-bond acceptors (Lipinski definition) is 2. The van der Waals surface area contributed by atoms with Crippen molar-refractivity contribution in [1.29, 1.82) is 0 Å². The van der Waals surface area contributed by atoms with Crippen LogP contribution in [-0.2, 0) is 0 Å². The highest BCUT2D eigenvalue weighted by Crippen LogP contribution is 2.23. The van der Waals surface area contributed by atoms with Gasteiger partial charge in [0.1, 0.15) is 0 Å². The number of aliphatic hydroxyl groups excluding tert-OH is 1. The van der Waals surface area contributed by atoms with Crippen LogP contribution < -0.4 is 4.90 Å². The molecule has 0 amide bonds. The van der Waals surface area contributed by atoms with Crippen LogP contribution in [0.25, 0.3) is 0 Å². The molecule has 0 aliphatic rings. The van der Waals surface area contributed by atoms with Crippen molar-refractivity contribution in [2.24, 2.45) is 5.92 Å². The van der Waals surface area contributed by atoms with Crippen LogP contribution in [0.4, 0.5) is 5.69 Å². The highest BCUT2D eigenvalue weighted by atomic mass is 16.3. The summed E-state index contributed by atoms with van der Waals surface area (Å²) in [5, 5.41) is 10.1. The molecule has 0 fully saturated rings. The van der Waals surface area contributed by atoms with Gasteiger partial charge in [-0.3, -0.25) is 0 Å². The highest BCUT2D eigenvalue weighted by Gasteiger charge is 2.09. The number of aliphatic hydroxyl groups is 1. The maximum absolute atomic E-state index is 10.1. The maximum atomic E-state index is 10.1. The quantitative estimate of drug-likeness (QED) is 0.825. The van der Waals surface area contributed by atoms with E-state index in [4.69, 9.17) is 0 Å². The van der Waals surface area contributed by atoms with Gasteiger partial charge in [-0.05, 0) is 36.5 Å². The number of anilines is 1. The number of rotatable bonds is 5. The molecule has 0 heterocycles. The smallest absolute Gasteiger partial charge is 0.0790 e. The van der Waals surface area contributed by atoms with Crippen LogP contribution >= 0.6 is 0 Å². The molecule has 1 N–H and O–H groups in total. The zero-order valence-corrected chi connectivity index (χ0v) is 10.8. The van der Waals surface area contributed by atoms with Crippen molar-refractivity contribution < 1.29 is 5.11 Å². The van der Waals surface area contributed by atoms with Crippen LogP contribution in [-0.4, -0.2) is 19.2 Å². The Morgan fingerprint density at radius 2 is 1.88 bits per heavy atom. The van der Waals surface area contributed by atoms with Gasteiger partial charge in [0.05, 0.1) is 6.10 Å². The van der Waals surface area contributed by atoms with E-state index in [1.807, 2.05) is 26.2 Å². The van der Waals surface area contributed by atoms with Gasteiger partial charge in [0.2, 0.25) is 0 Å². The van der Waals surface area contributed by atoms with Crippen molar-refractivity contribution >= 4 is 5.69 Å². The molecule has 0 saturated heterocycles. The fourth-order valence-electron chi connectivity index (χ4n) is 1.67. The van der Waals surface area contributed by atoms with Crippen molar-refractivity contribution in [3.63, 3.8) is 0 Å². The lowest BCUT2D eigenvalue weighted by molar-refractivity contribution is 0.159. The second-order valence-corrected chi connectivity index (χ2v) is 4.98. The van der Waals surface area contributed by atoms with Crippen LogP contribution in [0.2, 0.25) is 0 Å². The lowest BCUT2D eigenvalue weighted by Gasteiger charge is -2.17. The van der Waals surface area contributed by atoms with Crippen molar-refractivity contribution in [3.8, 4) is 0 Å². The number of benzene rings is 1. The van der Waals surface area contributed by atoms with E-state index in [1.54, 1.807) is 0 Å². The van der Waals surface area contributed by atoms with Crippen molar-refractivity contribution in [2.75, 3.05) is 19.0 Å². The Morgan fingerprint density at radius 1 is 1.19 bits per heavy atom. The summed E-state index contributed by atoms with van der Waals surface area (Å²) in [7, 11) is 4.03. The molecule has 2 heteroatoms. The molecule has 0 aliphatic heterocycles. The molecular weight excluding hydrogens is 198 g/mol. The highest BCUT2D eigenvalue weighted by molar-refractivity contribution is 5.47. The molecule has 0 aromatic heterocycles. The monoisotopic (exact) mass is 221 g/mol. The fraction of sp³-hybridized carbons (Fsp3) is 0.571. The first kappa shape index (κ1) is 13.0. The summed E-state index contributed by atoms with van der Waals surface area (Å²) in [5.74, 6) is 0.645. The summed E-state index contributed by atoms with van der Waals surface area (Å²) in [6.45, 7) is 4.37. The van der Waals surface area contributed by atoms with E-state index in [2.05, 4.69) is 30.9 Å². The second-order valence-electron chi connectivity index (χ2n) is 4.98. The molecule has 1 atom stereocenters. The van der Waals surface area contributed by atoms with Crippen LogP contribution in [0.1, 0.15) is 38.4 Å². The summed E-state index contributed by atoms with van der Waals surface area (Å²) < 4.78 is 0. The minimum atomic E-state index is -0.331. The lowest BCUT2D eigenvalue weighted by atomic mass is 9.99. The van der Waals surface area contributed by atoms with Crippen LogP contribution in [0.15, 0.2) is 24.3 Å². The fourth-order valence-corrected chi connectivity index (χ4v) is 1.67. The first-order chi connectivity index (χ1) is 7.50. The predicted octanol–water partition coefficient (Wildman–Crippen LogP) is 3.22. The van der Waals surface area contributed by atoms with Gasteiger partial charge in [-0.25, -0.2) is 0 Å². The Morgan fingerprint density at radius 3 is 2.44 bits per heavy atom. The van der Waals surface area contributed by atoms with Crippen molar-refractivity contribution in [3.05, 3.63) is 29.8 Å². The number of hydrogen-bond donors (Lipinski definition) is 1. The van der Waals surface area contributed by atoms with Gasteiger partial charge in [-0.15, -0.1) is 0 Å². The molecule has 1 aromatic rings. The zero-order chi connectivity index (χ0) is 12.1. The number of nitrogens with zero attached hydrogens (tertiary/aromatic N) is 1. The molecule has 1 rings (SSSR count). The van der Waals surface area contributed by atoms with Gasteiger partial charge in [-0.2, -0.15) is 0 Å². The predicted molar refractivity (Wildman–Crippen MR) is 69.8 cm³/mol. The summed E-state index contributed by atoms with van der Waals surface area (Å²) in [6, 6.07) is 8.12. The van der Waals surface area contributed by atoms with Crippen LogP contribution in [0.3, 0.4) is 0 Å². The third-order valence-corrected chi connectivity index (χ3v) is 2.79. The Kier molecular flexibility index (Phi) is 4.81. The molecule has 0 aliphatic carbocycles. The van der Waals surface area contributed by atoms with E-state index in [-0.39, 0.29) is 6.10 Å². The molecule has 1 aromatic carbocycles. The van der Waals surface area contributed by atoms with Gasteiger partial charge in [0.15, 0.2) is 0 Å². The summed E-state index contributed by atoms with van der Waals surface area (Å²) in [6.07, 6.45) is 1.57. The standard InChI is InChI=1S/C14H23NO/c1-11(2)8-9-14(16)12-6-5-7-13(10-12)15(3)4/h5-7,10-11,14,16H,8-9H2,1-4H3. The van der Waals surface area contributed by atoms with E-state index in [0.717, 1.165) is 24.1 Å². The molecule has 0 bridgehead atoms.